The Balaban J connectivity index is 2.04. The van der Waals surface area contributed by atoms with Crippen molar-refractivity contribution in [2.24, 2.45) is 7.05 Å². The van der Waals surface area contributed by atoms with Crippen LogP contribution in [0.25, 0.3) is 0 Å². The summed E-state index contributed by atoms with van der Waals surface area (Å²) in [5.41, 5.74) is 0. The molecule has 0 radical (unpaired) electrons. The van der Waals surface area contributed by atoms with E-state index in [0.717, 1.165) is 32.0 Å². The molecule has 5 heteroatoms. The van der Waals surface area contributed by atoms with Crippen LogP contribution in [-0.4, -0.2) is 40.1 Å². The molecule has 1 aliphatic rings. The summed E-state index contributed by atoms with van der Waals surface area (Å²) in [6, 6.07) is 0.564. The summed E-state index contributed by atoms with van der Waals surface area (Å²) in [6.45, 7) is 6.30. The van der Waals surface area contributed by atoms with Gasteiger partial charge < -0.3 is 9.88 Å². The van der Waals surface area contributed by atoms with Gasteiger partial charge in [-0.25, -0.2) is 4.98 Å². The van der Waals surface area contributed by atoms with Gasteiger partial charge in [0.1, 0.15) is 11.0 Å². The van der Waals surface area contributed by atoms with E-state index in [1.165, 1.54) is 0 Å². The third-order valence-corrected chi connectivity index (χ3v) is 3.36. The Kier molecular flexibility index (Phi) is 3.29. The van der Waals surface area contributed by atoms with E-state index in [9.17, 15) is 0 Å². The fourth-order valence-corrected chi connectivity index (χ4v) is 2.02. The molecule has 1 saturated heterocycles. The molecule has 0 saturated carbocycles. The fourth-order valence-electron chi connectivity index (χ4n) is 1.87. The third kappa shape index (κ3) is 2.33. The monoisotopic (exact) mass is 228 g/mol. The molecule has 0 amide bonds. The van der Waals surface area contributed by atoms with Crippen LogP contribution in [0.15, 0.2) is 6.20 Å². The van der Waals surface area contributed by atoms with E-state index in [1.807, 2.05) is 11.6 Å². The minimum absolute atomic E-state index is 0.564. The highest BCUT2D eigenvalue weighted by Gasteiger charge is 2.19. The largest absolute Gasteiger partial charge is 0.321 e. The average Bonchev–Trinajstić information content (AvgIpc) is 2.53. The molecule has 1 atom stereocenters. The summed E-state index contributed by atoms with van der Waals surface area (Å²) in [4.78, 5) is 6.74. The van der Waals surface area contributed by atoms with Crippen LogP contribution < -0.4 is 5.32 Å². The third-order valence-electron chi connectivity index (χ3n) is 3.01. The van der Waals surface area contributed by atoms with Crippen LogP contribution in [-0.2, 0) is 13.6 Å². The molecule has 1 aliphatic heterocycles. The standard InChI is InChI=1S/C10H17ClN4/c1-8-5-12-3-4-15(8)7-10-13-6-9(11)14(10)2/h6,8,12H,3-5,7H2,1-2H3/t8-/m1/s1. The predicted octanol–water partition coefficient (Wildman–Crippen LogP) is 0.867. The highest BCUT2D eigenvalue weighted by atomic mass is 35.5. The van der Waals surface area contributed by atoms with Gasteiger partial charge in [-0.15, -0.1) is 0 Å². The first-order valence-electron chi connectivity index (χ1n) is 5.29. The van der Waals surface area contributed by atoms with Crippen molar-refractivity contribution < 1.29 is 0 Å². The van der Waals surface area contributed by atoms with Gasteiger partial charge in [-0.1, -0.05) is 11.6 Å². The van der Waals surface area contributed by atoms with Gasteiger partial charge in [0.15, 0.2) is 0 Å². The van der Waals surface area contributed by atoms with Crippen LogP contribution in [0, 0.1) is 0 Å². The lowest BCUT2D eigenvalue weighted by molar-refractivity contribution is 0.160. The van der Waals surface area contributed by atoms with E-state index in [4.69, 9.17) is 11.6 Å². The Morgan fingerprint density at radius 1 is 1.67 bits per heavy atom. The van der Waals surface area contributed by atoms with E-state index in [-0.39, 0.29) is 0 Å². The fraction of sp³-hybridized carbons (Fsp3) is 0.700. The lowest BCUT2D eigenvalue weighted by Crippen LogP contribution is -2.49. The topological polar surface area (TPSA) is 33.1 Å². The Labute approximate surface area is 95.2 Å². The first-order valence-corrected chi connectivity index (χ1v) is 5.67. The van der Waals surface area contributed by atoms with Crippen molar-refractivity contribution in [1.82, 2.24) is 19.8 Å². The van der Waals surface area contributed by atoms with Crippen LogP contribution in [0.5, 0.6) is 0 Å². The lowest BCUT2D eigenvalue weighted by atomic mass is 10.2. The van der Waals surface area contributed by atoms with Gasteiger partial charge >= 0.3 is 0 Å². The smallest absolute Gasteiger partial charge is 0.128 e. The Bertz CT molecular complexity index is 336. The molecule has 0 bridgehead atoms. The van der Waals surface area contributed by atoms with Gasteiger partial charge in [0.2, 0.25) is 0 Å². The molecular weight excluding hydrogens is 212 g/mol. The Morgan fingerprint density at radius 2 is 2.47 bits per heavy atom. The SMILES string of the molecule is C[C@@H]1CNCCN1Cc1ncc(Cl)n1C. The highest BCUT2D eigenvalue weighted by molar-refractivity contribution is 6.29. The number of halogens is 1. The second-order valence-electron chi connectivity index (χ2n) is 4.08. The van der Waals surface area contributed by atoms with Crippen molar-refractivity contribution >= 4 is 11.6 Å². The van der Waals surface area contributed by atoms with Crippen molar-refractivity contribution in [3.05, 3.63) is 17.2 Å². The minimum atomic E-state index is 0.564. The lowest BCUT2D eigenvalue weighted by Gasteiger charge is -2.33. The Hall–Kier alpha value is -0.580. The minimum Gasteiger partial charge on any atom is -0.321 e. The molecule has 15 heavy (non-hydrogen) atoms. The molecule has 0 aliphatic carbocycles. The van der Waals surface area contributed by atoms with E-state index in [0.29, 0.717) is 11.2 Å². The maximum Gasteiger partial charge on any atom is 0.128 e. The zero-order valence-electron chi connectivity index (χ0n) is 9.20. The summed E-state index contributed by atoms with van der Waals surface area (Å²) in [5, 5.41) is 4.08. The number of nitrogens with one attached hydrogen (secondary N) is 1. The maximum atomic E-state index is 5.95. The molecule has 0 unspecified atom stereocenters. The van der Waals surface area contributed by atoms with Crippen LogP contribution >= 0.6 is 11.6 Å². The molecule has 1 aromatic heterocycles. The van der Waals surface area contributed by atoms with Crippen LogP contribution in [0.3, 0.4) is 0 Å². The van der Waals surface area contributed by atoms with Gasteiger partial charge in [0.25, 0.3) is 0 Å². The van der Waals surface area contributed by atoms with Crippen molar-refractivity contribution in [1.29, 1.82) is 0 Å². The molecule has 2 rings (SSSR count). The summed E-state index contributed by atoms with van der Waals surface area (Å²) >= 11 is 5.95. The number of nitrogens with zero attached hydrogens (tertiary/aromatic N) is 3. The van der Waals surface area contributed by atoms with E-state index in [1.54, 1.807) is 6.20 Å². The van der Waals surface area contributed by atoms with E-state index in [2.05, 4.69) is 22.1 Å². The normalized spacial score (nSPS) is 23.3. The van der Waals surface area contributed by atoms with Gasteiger partial charge in [-0.2, -0.15) is 0 Å². The van der Waals surface area contributed by atoms with Gasteiger partial charge in [0.05, 0.1) is 12.7 Å². The average molecular weight is 229 g/mol. The number of rotatable bonds is 2. The predicted molar refractivity (Wildman–Crippen MR) is 61.0 cm³/mol. The van der Waals surface area contributed by atoms with Gasteiger partial charge in [-0.05, 0) is 6.92 Å². The van der Waals surface area contributed by atoms with Crippen molar-refractivity contribution in [2.45, 2.75) is 19.5 Å². The molecule has 0 spiro atoms. The van der Waals surface area contributed by atoms with Crippen molar-refractivity contribution in [2.75, 3.05) is 19.6 Å². The quantitative estimate of drug-likeness (QED) is 0.816. The summed E-state index contributed by atoms with van der Waals surface area (Å²) in [7, 11) is 1.96. The summed E-state index contributed by atoms with van der Waals surface area (Å²) < 4.78 is 1.94. The maximum absolute atomic E-state index is 5.95. The first kappa shape index (κ1) is 10.9. The first-order chi connectivity index (χ1) is 7.18. The van der Waals surface area contributed by atoms with Crippen LogP contribution in [0.4, 0.5) is 0 Å². The van der Waals surface area contributed by atoms with Gasteiger partial charge in [-0.3, -0.25) is 4.90 Å². The van der Waals surface area contributed by atoms with Crippen molar-refractivity contribution in [3.63, 3.8) is 0 Å². The Morgan fingerprint density at radius 3 is 3.07 bits per heavy atom. The number of piperazine rings is 1. The van der Waals surface area contributed by atoms with Crippen LogP contribution in [0.2, 0.25) is 5.15 Å². The summed E-state index contributed by atoms with van der Waals surface area (Å²) in [5.74, 6) is 1.04. The molecule has 0 aromatic carbocycles. The molecule has 84 valence electrons. The number of hydrogen-bond acceptors (Lipinski definition) is 3. The van der Waals surface area contributed by atoms with E-state index >= 15 is 0 Å². The molecule has 1 aromatic rings. The molecule has 4 nitrogen and oxygen atoms in total. The second kappa shape index (κ2) is 4.51. The number of imidazole rings is 1. The molecule has 1 N–H and O–H groups in total. The van der Waals surface area contributed by atoms with Crippen molar-refractivity contribution in [3.8, 4) is 0 Å². The number of aromatic nitrogens is 2. The molecule has 2 heterocycles. The van der Waals surface area contributed by atoms with E-state index < -0.39 is 0 Å². The molecular formula is C10H17ClN4. The van der Waals surface area contributed by atoms with Crippen LogP contribution in [0.1, 0.15) is 12.7 Å². The van der Waals surface area contributed by atoms with Gasteiger partial charge in [0, 0.05) is 32.7 Å². The zero-order chi connectivity index (χ0) is 10.8. The second-order valence-corrected chi connectivity index (χ2v) is 4.47. The number of hydrogen-bond donors (Lipinski definition) is 1. The molecule has 1 fully saturated rings. The zero-order valence-corrected chi connectivity index (χ0v) is 9.96. The summed E-state index contributed by atoms with van der Waals surface area (Å²) in [6.07, 6.45) is 1.71. The highest BCUT2D eigenvalue weighted by Crippen LogP contribution is 2.13.